The third-order valence-corrected chi connectivity index (χ3v) is 3.14. The number of aromatic carboxylic acids is 1. The minimum atomic E-state index is -1.29. The van der Waals surface area contributed by atoms with E-state index in [-0.39, 0.29) is 28.2 Å². The van der Waals surface area contributed by atoms with Crippen LogP contribution in [0.2, 0.25) is 0 Å². The van der Waals surface area contributed by atoms with Gasteiger partial charge < -0.3 is 9.84 Å². The summed E-state index contributed by atoms with van der Waals surface area (Å²) in [5, 5.41) is 22.8. The maximum Gasteiger partial charge on any atom is 0.412 e. The maximum atomic E-state index is 12.1. The zero-order chi connectivity index (χ0) is 19.5. The molecule has 1 aromatic carbocycles. The molecule has 26 heavy (non-hydrogen) atoms. The highest BCUT2D eigenvalue weighted by Gasteiger charge is 2.23. The summed E-state index contributed by atoms with van der Waals surface area (Å²) in [4.78, 5) is 38.1. The van der Waals surface area contributed by atoms with Gasteiger partial charge in [0, 0.05) is 23.9 Å². The Morgan fingerprint density at radius 1 is 1.27 bits per heavy atom. The number of nitro groups is 1. The van der Waals surface area contributed by atoms with Crippen LogP contribution in [-0.4, -0.2) is 32.7 Å². The first kappa shape index (κ1) is 18.8. The number of anilines is 1. The van der Waals surface area contributed by atoms with Crippen LogP contribution in [-0.2, 0) is 4.74 Å². The van der Waals surface area contributed by atoms with Crippen LogP contribution in [0.15, 0.2) is 36.5 Å². The number of benzene rings is 1. The minimum absolute atomic E-state index is 0.0828. The summed E-state index contributed by atoms with van der Waals surface area (Å²) in [6, 6.07) is 6.73. The van der Waals surface area contributed by atoms with E-state index < -0.39 is 22.6 Å². The van der Waals surface area contributed by atoms with Gasteiger partial charge in [0.05, 0.1) is 21.9 Å². The summed E-state index contributed by atoms with van der Waals surface area (Å²) < 4.78 is 5.15. The first-order valence-corrected chi connectivity index (χ1v) is 7.55. The van der Waals surface area contributed by atoms with Gasteiger partial charge in [-0.25, -0.2) is 9.59 Å². The molecule has 0 aliphatic heterocycles. The number of carboxylic acid groups (broad SMARTS) is 1. The Morgan fingerprint density at radius 3 is 2.54 bits per heavy atom. The summed E-state index contributed by atoms with van der Waals surface area (Å²) in [7, 11) is 0. The number of amides is 1. The van der Waals surface area contributed by atoms with Gasteiger partial charge in [-0.05, 0) is 26.8 Å². The second-order valence-corrected chi connectivity index (χ2v) is 6.32. The average Bonchev–Trinajstić information content (AvgIpc) is 2.53. The van der Waals surface area contributed by atoms with E-state index in [1.807, 2.05) is 0 Å². The molecule has 2 rings (SSSR count). The molecular formula is C17H17N3O6. The molecule has 0 unspecified atom stereocenters. The lowest BCUT2D eigenvalue weighted by Crippen LogP contribution is -2.28. The summed E-state index contributed by atoms with van der Waals surface area (Å²) in [5.41, 5.74) is -0.926. The van der Waals surface area contributed by atoms with Crippen molar-refractivity contribution in [1.82, 2.24) is 4.98 Å². The topological polar surface area (TPSA) is 132 Å². The van der Waals surface area contributed by atoms with Crippen LogP contribution < -0.4 is 5.32 Å². The lowest BCUT2D eigenvalue weighted by Gasteiger charge is -2.21. The molecule has 9 nitrogen and oxygen atoms in total. The van der Waals surface area contributed by atoms with Gasteiger partial charge >= 0.3 is 12.1 Å². The molecule has 0 spiro atoms. The number of rotatable bonds is 4. The molecule has 9 heteroatoms. The fraction of sp³-hybridized carbons (Fsp3) is 0.235. The number of nitro benzene ring substituents is 1. The molecule has 1 aromatic heterocycles. The Morgan fingerprint density at radius 2 is 1.96 bits per heavy atom. The lowest BCUT2D eigenvalue weighted by atomic mass is 10.1. The number of carboxylic acids is 1. The summed E-state index contributed by atoms with van der Waals surface area (Å²) in [6.45, 7) is 4.99. The zero-order valence-corrected chi connectivity index (χ0v) is 14.3. The molecular weight excluding hydrogens is 342 g/mol. The van der Waals surface area contributed by atoms with Gasteiger partial charge in [0.25, 0.3) is 5.69 Å². The highest BCUT2D eigenvalue weighted by atomic mass is 16.6. The molecule has 2 N–H and O–H groups in total. The molecule has 0 radical (unpaired) electrons. The average molecular weight is 359 g/mol. The molecule has 0 fully saturated rings. The van der Waals surface area contributed by atoms with Crippen molar-refractivity contribution < 1.29 is 24.4 Å². The number of ether oxygens (including phenoxy) is 1. The first-order valence-electron chi connectivity index (χ1n) is 7.55. The Kier molecular flexibility index (Phi) is 5.20. The van der Waals surface area contributed by atoms with Crippen molar-refractivity contribution in [2.24, 2.45) is 0 Å². The number of pyridine rings is 1. The SMILES string of the molecule is CC(C)(C)OC(=O)Nc1c(C(=O)O)ccnc1-c1cccc([N+](=O)[O-])c1. The smallest absolute Gasteiger partial charge is 0.412 e. The van der Waals surface area contributed by atoms with Crippen LogP contribution in [0.1, 0.15) is 31.1 Å². The third-order valence-electron chi connectivity index (χ3n) is 3.14. The molecule has 0 saturated carbocycles. The quantitative estimate of drug-likeness (QED) is 0.628. The van der Waals surface area contributed by atoms with Gasteiger partial charge in [-0.15, -0.1) is 0 Å². The first-order chi connectivity index (χ1) is 12.1. The van der Waals surface area contributed by atoms with Crippen LogP contribution in [0.25, 0.3) is 11.3 Å². The fourth-order valence-corrected chi connectivity index (χ4v) is 2.16. The lowest BCUT2D eigenvalue weighted by molar-refractivity contribution is -0.384. The summed E-state index contributed by atoms with van der Waals surface area (Å²) in [6.07, 6.45) is 0.387. The number of hydrogen-bond acceptors (Lipinski definition) is 6. The Balaban J connectivity index is 2.55. The molecule has 2 aromatic rings. The van der Waals surface area contributed by atoms with Crippen molar-refractivity contribution in [2.75, 3.05) is 5.32 Å². The van der Waals surface area contributed by atoms with Crippen LogP contribution in [0.4, 0.5) is 16.2 Å². The van der Waals surface area contributed by atoms with Gasteiger partial charge in [-0.1, -0.05) is 12.1 Å². The second-order valence-electron chi connectivity index (χ2n) is 6.32. The van der Waals surface area contributed by atoms with Gasteiger partial charge in [0.1, 0.15) is 5.60 Å². The monoisotopic (exact) mass is 359 g/mol. The number of aromatic nitrogens is 1. The largest absolute Gasteiger partial charge is 0.478 e. The van der Waals surface area contributed by atoms with Crippen molar-refractivity contribution in [3.05, 3.63) is 52.2 Å². The second kappa shape index (κ2) is 7.18. The molecule has 0 bridgehead atoms. The van der Waals surface area contributed by atoms with E-state index in [1.165, 1.54) is 36.5 Å². The van der Waals surface area contributed by atoms with E-state index in [1.54, 1.807) is 20.8 Å². The highest BCUT2D eigenvalue weighted by molar-refractivity contribution is 6.03. The Hall–Kier alpha value is -3.49. The zero-order valence-electron chi connectivity index (χ0n) is 14.3. The minimum Gasteiger partial charge on any atom is -0.478 e. The van der Waals surface area contributed by atoms with Crippen molar-refractivity contribution in [3.63, 3.8) is 0 Å². The number of carbonyl (C=O) groups excluding carboxylic acids is 1. The molecule has 0 atom stereocenters. The van der Waals surface area contributed by atoms with Gasteiger partial charge in [0.15, 0.2) is 0 Å². The van der Waals surface area contributed by atoms with Crippen molar-refractivity contribution >= 4 is 23.4 Å². The molecule has 0 aliphatic rings. The summed E-state index contributed by atoms with van der Waals surface area (Å²) >= 11 is 0. The van der Waals surface area contributed by atoms with Gasteiger partial charge in [-0.3, -0.25) is 20.4 Å². The number of non-ortho nitro benzene ring substituents is 1. The fourth-order valence-electron chi connectivity index (χ4n) is 2.16. The van der Waals surface area contributed by atoms with Crippen LogP contribution in [0.3, 0.4) is 0 Å². The van der Waals surface area contributed by atoms with E-state index in [0.717, 1.165) is 0 Å². The van der Waals surface area contributed by atoms with Gasteiger partial charge in [-0.2, -0.15) is 0 Å². The Bertz CT molecular complexity index is 873. The molecule has 0 aliphatic carbocycles. The van der Waals surface area contributed by atoms with Crippen molar-refractivity contribution in [2.45, 2.75) is 26.4 Å². The third kappa shape index (κ3) is 4.53. The van der Waals surface area contributed by atoms with Crippen LogP contribution >= 0.6 is 0 Å². The van der Waals surface area contributed by atoms with Crippen molar-refractivity contribution in [3.8, 4) is 11.3 Å². The van der Waals surface area contributed by atoms with E-state index in [9.17, 15) is 24.8 Å². The van der Waals surface area contributed by atoms with E-state index in [4.69, 9.17) is 4.74 Å². The number of nitrogens with one attached hydrogen (secondary N) is 1. The highest BCUT2D eigenvalue weighted by Crippen LogP contribution is 2.31. The predicted molar refractivity (Wildman–Crippen MR) is 93.1 cm³/mol. The standard InChI is InChI=1S/C17H17N3O6/c1-17(2,3)26-16(23)19-14-12(15(21)22)7-8-18-13(14)10-5-4-6-11(9-10)20(24)25/h4-9H,1-3H3,(H,19,23)(H,21,22). The molecule has 1 amide bonds. The Labute approximate surface area is 148 Å². The van der Waals surface area contributed by atoms with E-state index in [0.29, 0.717) is 0 Å². The van der Waals surface area contributed by atoms with Crippen LogP contribution in [0, 0.1) is 10.1 Å². The van der Waals surface area contributed by atoms with E-state index >= 15 is 0 Å². The predicted octanol–water partition coefficient (Wildman–Crippen LogP) is 3.70. The normalized spacial score (nSPS) is 10.9. The molecule has 0 saturated heterocycles. The number of nitrogens with zero attached hydrogens (tertiary/aromatic N) is 2. The van der Waals surface area contributed by atoms with Crippen LogP contribution in [0.5, 0.6) is 0 Å². The maximum absolute atomic E-state index is 12.1. The van der Waals surface area contributed by atoms with E-state index in [2.05, 4.69) is 10.3 Å². The number of carbonyl (C=O) groups is 2. The summed E-state index contributed by atoms with van der Waals surface area (Å²) in [5.74, 6) is -1.29. The number of hydrogen-bond donors (Lipinski definition) is 2. The van der Waals surface area contributed by atoms with Crippen molar-refractivity contribution in [1.29, 1.82) is 0 Å². The molecule has 1 heterocycles. The van der Waals surface area contributed by atoms with Gasteiger partial charge in [0.2, 0.25) is 0 Å². The molecule has 136 valence electrons.